The van der Waals surface area contributed by atoms with Crippen molar-refractivity contribution < 1.29 is 9.47 Å². The van der Waals surface area contributed by atoms with Crippen LogP contribution in [0.3, 0.4) is 0 Å². The summed E-state index contributed by atoms with van der Waals surface area (Å²) in [5, 5.41) is 3.30. The molecule has 0 spiro atoms. The fraction of sp³-hybridized carbons (Fsp3) is 0.571. The molecule has 1 aromatic rings. The van der Waals surface area contributed by atoms with Gasteiger partial charge in [0.05, 0.1) is 17.7 Å². The molecular weight excluding hydrogens is 294 g/mol. The molecule has 0 aliphatic carbocycles. The molecule has 18 heavy (non-hydrogen) atoms. The summed E-state index contributed by atoms with van der Waals surface area (Å²) in [7, 11) is 2.00. The van der Waals surface area contributed by atoms with Crippen LogP contribution in [0.2, 0.25) is 0 Å². The molecule has 3 rings (SSSR count). The number of fused-ring (bicyclic) bond motifs is 2. The number of benzene rings is 1. The zero-order chi connectivity index (χ0) is 12.7. The lowest BCUT2D eigenvalue weighted by Gasteiger charge is -2.17. The third-order valence-corrected chi connectivity index (χ3v) is 4.69. The second-order valence-corrected chi connectivity index (χ2v) is 5.79. The number of hydrogen-bond acceptors (Lipinski definition) is 3. The van der Waals surface area contributed by atoms with Gasteiger partial charge in [-0.1, -0.05) is 0 Å². The van der Waals surface area contributed by atoms with E-state index >= 15 is 0 Å². The topological polar surface area (TPSA) is 30.5 Å². The zero-order valence-corrected chi connectivity index (χ0v) is 12.4. The maximum atomic E-state index is 5.87. The van der Waals surface area contributed by atoms with E-state index in [9.17, 15) is 0 Å². The lowest BCUT2D eigenvalue weighted by Crippen LogP contribution is -2.24. The molecule has 2 aliphatic rings. The predicted octanol–water partition coefficient (Wildman–Crippen LogP) is 2.47. The standard InChI is InChI=1S/C14H18BrNO2/c1-8(16-2)7-11-9-3-5-18-14(9)12(15)10-4-6-17-13(10)11/h8,16H,3-7H2,1-2H3. The Morgan fingerprint density at radius 1 is 1.17 bits per heavy atom. The van der Waals surface area contributed by atoms with Crippen LogP contribution in [0.1, 0.15) is 23.6 Å². The molecular formula is C14H18BrNO2. The van der Waals surface area contributed by atoms with E-state index in [4.69, 9.17) is 9.47 Å². The molecule has 1 atom stereocenters. The summed E-state index contributed by atoms with van der Waals surface area (Å²) < 4.78 is 12.8. The molecule has 1 aromatic carbocycles. The highest BCUT2D eigenvalue weighted by molar-refractivity contribution is 9.10. The van der Waals surface area contributed by atoms with Gasteiger partial charge in [-0.15, -0.1) is 0 Å². The van der Waals surface area contributed by atoms with Crippen LogP contribution in [-0.4, -0.2) is 26.3 Å². The fourth-order valence-corrected chi connectivity index (χ4v) is 3.50. The van der Waals surface area contributed by atoms with Crippen molar-refractivity contribution in [2.24, 2.45) is 0 Å². The molecule has 2 heterocycles. The molecule has 0 radical (unpaired) electrons. The summed E-state index contributed by atoms with van der Waals surface area (Å²) in [5.74, 6) is 2.16. The molecule has 1 unspecified atom stereocenters. The molecule has 0 saturated carbocycles. The summed E-state index contributed by atoms with van der Waals surface area (Å²) in [5.41, 5.74) is 3.97. The first-order valence-corrected chi connectivity index (χ1v) is 7.30. The quantitative estimate of drug-likeness (QED) is 0.930. The fourth-order valence-electron chi connectivity index (χ4n) is 2.77. The number of hydrogen-bond donors (Lipinski definition) is 1. The number of halogens is 1. The molecule has 2 aliphatic heterocycles. The van der Waals surface area contributed by atoms with Crippen molar-refractivity contribution in [2.45, 2.75) is 32.2 Å². The van der Waals surface area contributed by atoms with E-state index in [2.05, 4.69) is 28.2 Å². The average Bonchev–Trinajstić information content (AvgIpc) is 3.02. The lowest BCUT2D eigenvalue weighted by atomic mass is 9.95. The molecule has 98 valence electrons. The molecule has 1 N–H and O–H groups in total. The van der Waals surface area contributed by atoms with Crippen LogP contribution in [-0.2, 0) is 19.3 Å². The van der Waals surface area contributed by atoms with Crippen LogP contribution in [0.15, 0.2) is 4.47 Å². The third-order valence-electron chi connectivity index (χ3n) is 3.85. The van der Waals surface area contributed by atoms with E-state index in [-0.39, 0.29) is 0 Å². The Bertz CT molecular complexity index is 452. The van der Waals surface area contributed by atoms with Gasteiger partial charge in [-0.25, -0.2) is 0 Å². The Morgan fingerprint density at radius 3 is 2.56 bits per heavy atom. The minimum atomic E-state index is 0.448. The smallest absolute Gasteiger partial charge is 0.137 e. The molecule has 3 nitrogen and oxygen atoms in total. The number of nitrogens with one attached hydrogen (secondary N) is 1. The van der Waals surface area contributed by atoms with E-state index in [0.717, 1.165) is 48.4 Å². The van der Waals surface area contributed by atoms with Crippen molar-refractivity contribution in [3.05, 3.63) is 21.2 Å². The molecule has 0 fully saturated rings. The van der Waals surface area contributed by atoms with Gasteiger partial charge in [0.1, 0.15) is 11.5 Å². The highest BCUT2D eigenvalue weighted by Crippen LogP contribution is 2.47. The second-order valence-electron chi connectivity index (χ2n) is 5.00. The van der Waals surface area contributed by atoms with E-state index in [1.807, 2.05) is 7.05 Å². The molecule has 0 aromatic heterocycles. The van der Waals surface area contributed by atoms with Crippen LogP contribution in [0.4, 0.5) is 0 Å². The van der Waals surface area contributed by atoms with Gasteiger partial charge in [-0.05, 0) is 36.3 Å². The van der Waals surface area contributed by atoms with Crippen LogP contribution in [0, 0.1) is 0 Å². The summed E-state index contributed by atoms with van der Waals surface area (Å²) in [6.45, 7) is 3.78. The highest BCUT2D eigenvalue weighted by atomic mass is 79.9. The lowest BCUT2D eigenvalue weighted by molar-refractivity contribution is 0.351. The molecule has 4 heteroatoms. The van der Waals surface area contributed by atoms with Crippen molar-refractivity contribution in [1.29, 1.82) is 0 Å². The van der Waals surface area contributed by atoms with Gasteiger partial charge in [0.2, 0.25) is 0 Å². The van der Waals surface area contributed by atoms with Gasteiger partial charge in [0.25, 0.3) is 0 Å². The Kier molecular flexibility index (Phi) is 3.24. The number of likely N-dealkylation sites (N-methyl/N-ethyl adjacent to an activating group) is 1. The molecule has 0 saturated heterocycles. The first-order chi connectivity index (χ1) is 8.72. The van der Waals surface area contributed by atoms with Crippen molar-refractivity contribution in [2.75, 3.05) is 20.3 Å². The monoisotopic (exact) mass is 311 g/mol. The van der Waals surface area contributed by atoms with Crippen LogP contribution in [0.5, 0.6) is 11.5 Å². The molecule has 0 bridgehead atoms. The number of rotatable bonds is 3. The minimum Gasteiger partial charge on any atom is -0.493 e. The first kappa shape index (κ1) is 12.3. The minimum absolute atomic E-state index is 0.448. The zero-order valence-electron chi connectivity index (χ0n) is 10.8. The SMILES string of the molecule is CNC(C)Cc1c2c(c(Br)c3c1OCC3)OCC2. The third kappa shape index (κ3) is 1.82. The van der Waals surface area contributed by atoms with Gasteiger partial charge in [-0.2, -0.15) is 0 Å². The number of ether oxygens (including phenoxy) is 2. The van der Waals surface area contributed by atoms with E-state index < -0.39 is 0 Å². The van der Waals surface area contributed by atoms with Crippen molar-refractivity contribution in [1.82, 2.24) is 5.32 Å². The Balaban J connectivity index is 2.12. The highest BCUT2D eigenvalue weighted by Gasteiger charge is 2.30. The summed E-state index contributed by atoms with van der Waals surface area (Å²) in [6.07, 6.45) is 2.97. The van der Waals surface area contributed by atoms with Crippen molar-refractivity contribution >= 4 is 15.9 Å². The predicted molar refractivity (Wildman–Crippen MR) is 74.8 cm³/mol. The van der Waals surface area contributed by atoms with Crippen LogP contribution in [0.25, 0.3) is 0 Å². The van der Waals surface area contributed by atoms with E-state index in [0.29, 0.717) is 6.04 Å². The van der Waals surface area contributed by atoms with Crippen molar-refractivity contribution in [3.8, 4) is 11.5 Å². The Hall–Kier alpha value is -0.740. The Morgan fingerprint density at radius 2 is 1.83 bits per heavy atom. The van der Waals surface area contributed by atoms with Gasteiger partial charge >= 0.3 is 0 Å². The Labute approximate surface area is 116 Å². The van der Waals surface area contributed by atoms with Gasteiger partial charge in [0.15, 0.2) is 0 Å². The summed E-state index contributed by atoms with van der Waals surface area (Å²) in [6, 6.07) is 0.448. The normalized spacial score (nSPS) is 17.9. The first-order valence-electron chi connectivity index (χ1n) is 6.51. The van der Waals surface area contributed by atoms with Gasteiger partial charge < -0.3 is 14.8 Å². The van der Waals surface area contributed by atoms with Crippen LogP contribution >= 0.6 is 15.9 Å². The maximum absolute atomic E-state index is 5.87. The van der Waals surface area contributed by atoms with E-state index in [1.54, 1.807) is 0 Å². The average molecular weight is 312 g/mol. The van der Waals surface area contributed by atoms with Gasteiger partial charge in [-0.3, -0.25) is 0 Å². The van der Waals surface area contributed by atoms with Gasteiger partial charge in [0, 0.05) is 35.6 Å². The van der Waals surface area contributed by atoms with E-state index in [1.165, 1.54) is 16.7 Å². The molecule has 0 amide bonds. The largest absolute Gasteiger partial charge is 0.493 e. The van der Waals surface area contributed by atoms with Crippen LogP contribution < -0.4 is 14.8 Å². The summed E-state index contributed by atoms with van der Waals surface area (Å²) in [4.78, 5) is 0. The summed E-state index contributed by atoms with van der Waals surface area (Å²) >= 11 is 3.68. The maximum Gasteiger partial charge on any atom is 0.137 e. The second kappa shape index (κ2) is 4.74. The van der Waals surface area contributed by atoms with Crippen molar-refractivity contribution in [3.63, 3.8) is 0 Å².